The Morgan fingerprint density at radius 1 is 1.07 bits per heavy atom. The number of carbonyl (C=O) groups is 2. The van der Waals surface area contributed by atoms with Crippen molar-refractivity contribution in [2.45, 2.75) is 25.1 Å². The SMILES string of the molecule is O=C(NC1CCN(C(=O)c2cnccn2)CC1)c1ccc(C(F)(F)F)cc1. The van der Waals surface area contributed by atoms with E-state index in [2.05, 4.69) is 15.3 Å². The molecule has 1 saturated heterocycles. The van der Waals surface area contributed by atoms with Gasteiger partial charge in [0.1, 0.15) is 5.69 Å². The first-order valence-corrected chi connectivity index (χ1v) is 8.38. The van der Waals surface area contributed by atoms with Gasteiger partial charge in [0.05, 0.1) is 11.8 Å². The second kappa shape index (κ2) is 7.73. The zero-order chi connectivity index (χ0) is 19.4. The van der Waals surface area contributed by atoms with Gasteiger partial charge in [0.2, 0.25) is 0 Å². The van der Waals surface area contributed by atoms with Gasteiger partial charge in [0.25, 0.3) is 11.8 Å². The Hall–Kier alpha value is -2.97. The molecule has 0 saturated carbocycles. The average molecular weight is 378 g/mol. The lowest BCUT2D eigenvalue weighted by Crippen LogP contribution is -2.46. The number of amides is 2. The molecule has 1 aliphatic rings. The van der Waals surface area contributed by atoms with E-state index in [1.807, 2.05) is 0 Å². The molecule has 9 heteroatoms. The molecule has 0 radical (unpaired) electrons. The van der Waals surface area contributed by atoms with Gasteiger partial charge in [0, 0.05) is 37.1 Å². The molecule has 2 aromatic rings. The number of hydrogen-bond donors (Lipinski definition) is 1. The summed E-state index contributed by atoms with van der Waals surface area (Å²) in [7, 11) is 0. The van der Waals surface area contributed by atoms with E-state index in [4.69, 9.17) is 0 Å². The minimum Gasteiger partial charge on any atom is -0.349 e. The molecular formula is C18H17F3N4O2. The number of halogens is 3. The second-order valence-electron chi connectivity index (χ2n) is 6.21. The van der Waals surface area contributed by atoms with Crippen molar-refractivity contribution >= 4 is 11.8 Å². The highest BCUT2D eigenvalue weighted by molar-refractivity contribution is 5.94. The number of likely N-dealkylation sites (tertiary alicyclic amines) is 1. The maximum atomic E-state index is 12.6. The normalized spacial score (nSPS) is 15.4. The second-order valence-corrected chi connectivity index (χ2v) is 6.21. The topological polar surface area (TPSA) is 75.2 Å². The molecule has 3 rings (SSSR count). The number of nitrogens with one attached hydrogen (secondary N) is 1. The van der Waals surface area contributed by atoms with E-state index in [0.29, 0.717) is 25.9 Å². The zero-order valence-corrected chi connectivity index (χ0v) is 14.2. The number of rotatable bonds is 3. The van der Waals surface area contributed by atoms with Crippen molar-refractivity contribution in [3.63, 3.8) is 0 Å². The molecule has 6 nitrogen and oxygen atoms in total. The van der Waals surface area contributed by atoms with E-state index in [0.717, 1.165) is 24.3 Å². The van der Waals surface area contributed by atoms with Crippen LogP contribution in [0, 0.1) is 0 Å². The molecule has 142 valence electrons. The molecule has 2 heterocycles. The lowest BCUT2D eigenvalue weighted by molar-refractivity contribution is -0.137. The Morgan fingerprint density at radius 3 is 2.30 bits per heavy atom. The van der Waals surface area contributed by atoms with Gasteiger partial charge >= 0.3 is 6.18 Å². The number of carbonyl (C=O) groups excluding carboxylic acids is 2. The van der Waals surface area contributed by atoms with Crippen LogP contribution in [0.15, 0.2) is 42.9 Å². The van der Waals surface area contributed by atoms with Crippen LogP contribution >= 0.6 is 0 Å². The summed E-state index contributed by atoms with van der Waals surface area (Å²) >= 11 is 0. The van der Waals surface area contributed by atoms with Crippen molar-refractivity contribution in [3.8, 4) is 0 Å². The van der Waals surface area contributed by atoms with Gasteiger partial charge in [-0.2, -0.15) is 13.2 Å². The summed E-state index contributed by atoms with van der Waals surface area (Å²) in [6.07, 6.45) is 1.01. The van der Waals surface area contributed by atoms with Crippen molar-refractivity contribution in [3.05, 3.63) is 59.7 Å². The average Bonchev–Trinajstić information content (AvgIpc) is 2.68. The van der Waals surface area contributed by atoms with E-state index in [1.54, 1.807) is 4.90 Å². The number of alkyl halides is 3. The lowest BCUT2D eigenvalue weighted by atomic mass is 10.0. The van der Waals surface area contributed by atoms with Crippen LogP contribution < -0.4 is 5.32 Å². The predicted octanol–water partition coefficient (Wildman–Crippen LogP) is 2.53. The van der Waals surface area contributed by atoms with Crippen molar-refractivity contribution in [2.24, 2.45) is 0 Å². The number of aromatic nitrogens is 2. The number of hydrogen-bond acceptors (Lipinski definition) is 4. The number of benzene rings is 1. The van der Waals surface area contributed by atoms with E-state index >= 15 is 0 Å². The van der Waals surface area contributed by atoms with Crippen LogP contribution in [0.3, 0.4) is 0 Å². The standard InChI is InChI=1S/C18H17F3N4O2/c19-18(20,21)13-3-1-12(2-4-13)16(26)24-14-5-9-25(10-6-14)17(27)15-11-22-7-8-23-15/h1-4,7-8,11,14H,5-6,9-10H2,(H,24,26). The largest absolute Gasteiger partial charge is 0.416 e. The van der Waals surface area contributed by atoms with Crippen molar-refractivity contribution in [1.82, 2.24) is 20.2 Å². The summed E-state index contributed by atoms with van der Waals surface area (Å²) in [5.41, 5.74) is -0.360. The maximum Gasteiger partial charge on any atom is 0.416 e. The molecule has 0 atom stereocenters. The van der Waals surface area contributed by atoms with Gasteiger partial charge in [-0.15, -0.1) is 0 Å². The van der Waals surface area contributed by atoms with Gasteiger partial charge in [-0.1, -0.05) is 0 Å². The number of piperidine rings is 1. The summed E-state index contributed by atoms with van der Waals surface area (Å²) in [4.78, 5) is 34.0. The van der Waals surface area contributed by atoms with Crippen LogP contribution in [-0.4, -0.2) is 45.8 Å². The number of nitrogens with zero attached hydrogens (tertiary/aromatic N) is 3. The molecular weight excluding hydrogens is 361 g/mol. The monoisotopic (exact) mass is 378 g/mol. The van der Waals surface area contributed by atoms with Crippen LogP contribution in [0.4, 0.5) is 13.2 Å². The summed E-state index contributed by atoms with van der Waals surface area (Å²) in [6, 6.07) is 3.94. The molecule has 1 fully saturated rings. The highest BCUT2D eigenvalue weighted by Gasteiger charge is 2.30. The van der Waals surface area contributed by atoms with Crippen molar-refractivity contribution in [1.29, 1.82) is 0 Å². The minimum absolute atomic E-state index is 0.147. The fraction of sp³-hybridized carbons (Fsp3) is 0.333. The molecule has 1 N–H and O–H groups in total. The quantitative estimate of drug-likeness (QED) is 0.891. The van der Waals surface area contributed by atoms with Gasteiger partial charge in [0.15, 0.2) is 0 Å². The molecule has 0 spiro atoms. The molecule has 27 heavy (non-hydrogen) atoms. The molecule has 0 aliphatic carbocycles. The fourth-order valence-electron chi connectivity index (χ4n) is 2.88. The molecule has 1 aromatic heterocycles. The smallest absolute Gasteiger partial charge is 0.349 e. The minimum atomic E-state index is -4.43. The van der Waals surface area contributed by atoms with Crippen molar-refractivity contribution < 1.29 is 22.8 Å². The third-order valence-electron chi connectivity index (χ3n) is 4.37. The first kappa shape index (κ1) is 18.8. The third kappa shape index (κ3) is 4.60. The van der Waals surface area contributed by atoms with Gasteiger partial charge in [-0.25, -0.2) is 4.98 Å². The van der Waals surface area contributed by atoms with E-state index < -0.39 is 17.6 Å². The third-order valence-corrected chi connectivity index (χ3v) is 4.37. The fourth-order valence-corrected chi connectivity index (χ4v) is 2.88. The van der Waals surface area contributed by atoms with Crippen LogP contribution in [0.2, 0.25) is 0 Å². The zero-order valence-electron chi connectivity index (χ0n) is 14.2. The molecule has 0 unspecified atom stereocenters. The Labute approximate surface area is 153 Å². The Kier molecular flexibility index (Phi) is 5.38. The Morgan fingerprint density at radius 2 is 1.74 bits per heavy atom. The molecule has 1 aliphatic heterocycles. The first-order chi connectivity index (χ1) is 12.8. The first-order valence-electron chi connectivity index (χ1n) is 8.38. The van der Waals surface area contributed by atoms with Crippen LogP contribution in [0.5, 0.6) is 0 Å². The Balaban J connectivity index is 1.53. The van der Waals surface area contributed by atoms with Gasteiger partial charge in [-0.05, 0) is 37.1 Å². The molecule has 0 bridgehead atoms. The summed E-state index contributed by atoms with van der Waals surface area (Å²) in [5, 5.41) is 2.81. The molecule has 1 aromatic carbocycles. The summed E-state index contributed by atoms with van der Waals surface area (Å²) in [5.74, 6) is -0.641. The van der Waals surface area contributed by atoms with Gasteiger partial charge < -0.3 is 10.2 Å². The predicted molar refractivity (Wildman–Crippen MR) is 89.9 cm³/mol. The summed E-state index contributed by atoms with van der Waals surface area (Å²) < 4.78 is 37.7. The lowest BCUT2D eigenvalue weighted by Gasteiger charge is -2.32. The van der Waals surface area contributed by atoms with Gasteiger partial charge in [-0.3, -0.25) is 14.6 Å². The van der Waals surface area contributed by atoms with E-state index in [-0.39, 0.29) is 23.2 Å². The highest BCUT2D eigenvalue weighted by atomic mass is 19.4. The van der Waals surface area contributed by atoms with E-state index in [1.165, 1.54) is 18.6 Å². The van der Waals surface area contributed by atoms with Crippen molar-refractivity contribution in [2.75, 3.05) is 13.1 Å². The van der Waals surface area contributed by atoms with Crippen LogP contribution in [0.25, 0.3) is 0 Å². The molecule has 2 amide bonds. The summed E-state index contributed by atoms with van der Waals surface area (Å²) in [6.45, 7) is 0.904. The Bertz CT molecular complexity index is 802. The van der Waals surface area contributed by atoms with Crippen LogP contribution in [-0.2, 0) is 6.18 Å². The highest BCUT2D eigenvalue weighted by Crippen LogP contribution is 2.29. The maximum absolute atomic E-state index is 12.6. The van der Waals surface area contributed by atoms with Crippen LogP contribution in [0.1, 0.15) is 39.3 Å². The van der Waals surface area contributed by atoms with E-state index in [9.17, 15) is 22.8 Å².